The highest BCUT2D eigenvalue weighted by Crippen LogP contribution is 2.50. The minimum absolute atomic E-state index is 0.181. The molecule has 2 aromatic rings. The summed E-state index contributed by atoms with van der Waals surface area (Å²) in [5.41, 5.74) is 1.17. The van der Waals surface area contributed by atoms with Crippen molar-refractivity contribution in [2.45, 2.75) is 24.9 Å². The van der Waals surface area contributed by atoms with Crippen molar-refractivity contribution in [2.24, 2.45) is 11.8 Å². The quantitative estimate of drug-likeness (QED) is 0.748. The average Bonchev–Trinajstić information content (AvgIpc) is 3.27. The first-order valence-corrected chi connectivity index (χ1v) is 10.2. The summed E-state index contributed by atoms with van der Waals surface area (Å²) in [7, 11) is 0. The van der Waals surface area contributed by atoms with E-state index in [9.17, 15) is 14.4 Å². The van der Waals surface area contributed by atoms with Gasteiger partial charge >= 0.3 is 0 Å². The highest BCUT2D eigenvalue weighted by molar-refractivity contribution is 6.35. The molecule has 3 heterocycles. The molecular weight excluding hydrogens is 390 g/mol. The van der Waals surface area contributed by atoms with Crippen LogP contribution < -0.4 is 10.6 Å². The molecule has 3 aliphatic heterocycles. The van der Waals surface area contributed by atoms with Crippen molar-refractivity contribution in [3.05, 3.63) is 64.7 Å². The van der Waals surface area contributed by atoms with Crippen LogP contribution in [0.2, 0.25) is 5.02 Å². The topological polar surface area (TPSA) is 83.1 Å². The zero-order valence-electron chi connectivity index (χ0n) is 15.9. The van der Waals surface area contributed by atoms with Crippen molar-refractivity contribution < 1.29 is 19.7 Å². The SMILES string of the molecule is C[C@H]1[NH2+][C@@]2(C(=O)Nc3c(Cl)cccc32)[C@@H]2C(=O)N(CCc3ccccc3)C(=O)[C@@H]21. The molecule has 29 heavy (non-hydrogen) atoms. The van der Waals surface area contributed by atoms with Crippen molar-refractivity contribution in [1.29, 1.82) is 0 Å². The molecule has 0 aliphatic carbocycles. The Hall–Kier alpha value is -2.70. The molecule has 0 aromatic heterocycles. The summed E-state index contributed by atoms with van der Waals surface area (Å²) >= 11 is 6.30. The molecular formula is C22H21ClN3O3+. The van der Waals surface area contributed by atoms with E-state index < -0.39 is 17.4 Å². The third-order valence-electron chi connectivity index (χ3n) is 6.57. The number of fused-ring (bicyclic) bond motifs is 4. The fourth-order valence-corrected chi connectivity index (χ4v) is 5.52. The lowest BCUT2D eigenvalue weighted by Gasteiger charge is -2.25. The minimum Gasteiger partial charge on any atom is -0.326 e. The maximum absolute atomic E-state index is 13.4. The molecule has 3 aliphatic rings. The van der Waals surface area contributed by atoms with Crippen LogP contribution in [0.4, 0.5) is 5.69 Å². The van der Waals surface area contributed by atoms with Gasteiger partial charge in [0, 0.05) is 12.1 Å². The molecule has 0 unspecified atom stereocenters. The van der Waals surface area contributed by atoms with Gasteiger partial charge in [0.05, 0.1) is 16.8 Å². The second-order valence-corrected chi connectivity index (χ2v) is 8.49. The summed E-state index contributed by atoms with van der Waals surface area (Å²) in [5.74, 6) is -1.96. The Labute approximate surface area is 173 Å². The van der Waals surface area contributed by atoms with Crippen LogP contribution in [0.25, 0.3) is 0 Å². The molecule has 7 heteroatoms. The molecule has 1 spiro atoms. The highest BCUT2D eigenvalue weighted by Gasteiger charge is 2.73. The normalized spacial score (nSPS) is 30.1. The van der Waals surface area contributed by atoms with E-state index in [1.54, 1.807) is 12.1 Å². The molecule has 148 valence electrons. The monoisotopic (exact) mass is 410 g/mol. The third kappa shape index (κ3) is 2.42. The molecule has 0 bridgehead atoms. The summed E-state index contributed by atoms with van der Waals surface area (Å²) in [6.07, 6.45) is 0.595. The first-order chi connectivity index (χ1) is 13.9. The Balaban J connectivity index is 1.52. The molecule has 0 radical (unpaired) electrons. The van der Waals surface area contributed by atoms with E-state index in [-0.39, 0.29) is 23.8 Å². The maximum atomic E-state index is 13.4. The van der Waals surface area contributed by atoms with E-state index in [4.69, 9.17) is 11.6 Å². The fraction of sp³-hybridized carbons (Fsp3) is 0.318. The predicted molar refractivity (Wildman–Crippen MR) is 107 cm³/mol. The first kappa shape index (κ1) is 18.3. The van der Waals surface area contributed by atoms with Gasteiger partial charge in [0.1, 0.15) is 11.8 Å². The van der Waals surface area contributed by atoms with Crippen LogP contribution in [-0.2, 0) is 26.3 Å². The van der Waals surface area contributed by atoms with E-state index in [0.29, 0.717) is 29.2 Å². The van der Waals surface area contributed by atoms with Gasteiger partial charge in [-0.1, -0.05) is 48.0 Å². The lowest BCUT2D eigenvalue weighted by Crippen LogP contribution is -2.98. The summed E-state index contributed by atoms with van der Waals surface area (Å²) in [6, 6.07) is 14.9. The van der Waals surface area contributed by atoms with Crippen molar-refractivity contribution in [3.8, 4) is 0 Å². The summed E-state index contributed by atoms with van der Waals surface area (Å²) in [5, 5.41) is 5.17. The Kier molecular flexibility index (Phi) is 4.05. The highest BCUT2D eigenvalue weighted by atomic mass is 35.5. The second-order valence-electron chi connectivity index (χ2n) is 8.08. The van der Waals surface area contributed by atoms with Crippen molar-refractivity contribution in [1.82, 2.24) is 4.90 Å². The molecule has 4 atom stereocenters. The number of benzene rings is 2. The predicted octanol–water partition coefficient (Wildman–Crippen LogP) is 1.30. The lowest BCUT2D eigenvalue weighted by molar-refractivity contribution is -0.730. The number of imide groups is 1. The number of halogens is 1. The molecule has 0 saturated carbocycles. The molecule has 2 fully saturated rings. The summed E-state index contributed by atoms with van der Waals surface area (Å²) in [6.45, 7) is 2.23. The summed E-state index contributed by atoms with van der Waals surface area (Å²) < 4.78 is 0. The standard InChI is InChI=1S/C22H20ClN3O3/c1-12-16-17(20(28)26(19(16)27)11-10-13-6-3-2-4-7-13)22(25-12)14-8-5-9-15(23)18(14)24-21(22)29/h2-9,12,16-17,25H,10-11H2,1H3,(H,24,29)/p+1/t12-,16-,17+,22-/m1/s1. The second kappa shape index (κ2) is 6.40. The van der Waals surface area contributed by atoms with Crippen LogP contribution >= 0.6 is 11.6 Å². The first-order valence-electron chi connectivity index (χ1n) is 9.81. The number of rotatable bonds is 3. The van der Waals surface area contributed by atoms with E-state index in [1.807, 2.05) is 48.6 Å². The number of nitrogens with zero attached hydrogens (tertiary/aromatic N) is 1. The smallest absolute Gasteiger partial charge is 0.291 e. The van der Waals surface area contributed by atoms with Crippen molar-refractivity contribution in [2.75, 3.05) is 11.9 Å². The van der Waals surface area contributed by atoms with E-state index in [1.165, 1.54) is 4.90 Å². The number of carbonyl (C=O) groups excluding carboxylic acids is 3. The van der Waals surface area contributed by atoms with Gasteiger partial charge in [0.15, 0.2) is 0 Å². The summed E-state index contributed by atoms with van der Waals surface area (Å²) in [4.78, 5) is 41.1. The Morgan fingerprint density at radius 3 is 2.59 bits per heavy atom. The molecule has 2 saturated heterocycles. The number of nitrogens with one attached hydrogen (secondary N) is 1. The number of quaternary nitrogens is 1. The zero-order chi connectivity index (χ0) is 20.3. The zero-order valence-corrected chi connectivity index (χ0v) is 16.6. The number of hydrogen-bond acceptors (Lipinski definition) is 3. The number of para-hydroxylation sites is 1. The van der Waals surface area contributed by atoms with Gasteiger partial charge in [-0.3, -0.25) is 19.3 Å². The van der Waals surface area contributed by atoms with Crippen LogP contribution in [0.1, 0.15) is 18.1 Å². The van der Waals surface area contributed by atoms with Gasteiger partial charge in [0.25, 0.3) is 5.91 Å². The van der Waals surface area contributed by atoms with Crippen molar-refractivity contribution in [3.63, 3.8) is 0 Å². The van der Waals surface area contributed by atoms with Crippen LogP contribution in [0, 0.1) is 11.8 Å². The largest absolute Gasteiger partial charge is 0.326 e. The van der Waals surface area contributed by atoms with Gasteiger partial charge in [-0.15, -0.1) is 0 Å². The van der Waals surface area contributed by atoms with E-state index in [2.05, 4.69) is 5.32 Å². The van der Waals surface area contributed by atoms with Gasteiger partial charge in [-0.25, -0.2) is 0 Å². The van der Waals surface area contributed by atoms with Crippen LogP contribution in [0.5, 0.6) is 0 Å². The Morgan fingerprint density at radius 1 is 1.07 bits per heavy atom. The number of carbonyl (C=O) groups is 3. The van der Waals surface area contributed by atoms with Crippen molar-refractivity contribution >= 4 is 35.0 Å². The third-order valence-corrected chi connectivity index (χ3v) is 6.88. The minimum atomic E-state index is -1.14. The Morgan fingerprint density at radius 2 is 1.83 bits per heavy atom. The van der Waals surface area contributed by atoms with Gasteiger partial charge in [0.2, 0.25) is 17.4 Å². The number of nitrogens with two attached hydrogens (primary N) is 1. The molecule has 3 amide bonds. The van der Waals surface area contributed by atoms with E-state index in [0.717, 1.165) is 5.56 Å². The lowest BCUT2D eigenvalue weighted by atomic mass is 9.76. The number of likely N-dealkylation sites (tertiary alicyclic amines) is 1. The van der Waals surface area contributed by atoms with E-state index >= 15 is 0 Å². The van der Waals surface area contributed by atoms with Crippen LogP contribution in [0.3, 0.4) is 0 Å². The molecule has 2 aromatic carbocycles. The Bertz CT molecular complexity index is 1040. The molecule has 6 nitrogen and oxygen atoms in total. The van der Waals surface area contributed by atoms with Crippen LogP contribution in [-0.4, -0.2) is 35.2 Å². The maximum Gasteiger partial charge on any atom is 0.291 e. The number of amides is 3. The average molecular weight is 411 g/mol. The molecule has 3 N–H and O–H groups in total. The fourth-order valence-electron chi connectivity index (χ4n) is 5.30. The van der Waals surface area contributed by atoms with Crippen LogP contribution in [0.15, 0.2) is 48.5 Å². The van der Waals surface area contributed by atoms with Gasteiger partial charge in [-0.05, 0) is 31.0 Å². The van der Waals surface area contributed by atoms with Gasteiger partial charge < -0.3 is 10.6 Å². The molecule has 5 rings (SSSR count). The number of hydrogen-bond donors (Lipinski definition) is 2. The number of anilines is 1. The van der Waals surface area contributed by atoms with Gasteiger partial charge in [-0.2, -0.15) is 0 Å².